The predicted octanol–water partition coefficient (Wildman–Crippen LogP) is 4.35. The third kappa shape index (κ3) is 3.38. The SMILES string of the molecule is O=C1NC(=Nc2ccc(F)cc2)/C(=C/c2ccccc2)S1. The summed E-state index contributed by atoms with van der Waals surface area (Å²) < 4.78 is 12.9. The van der Waals surface area contributed by atoms with Gasteiger partial charge in [0.25, 0.3) is 5.24 Å². The number of nitrogens with one attached hydrogen (secondary N) is 1. The van der Waals surface area contributed by atoms with E-state index in [4.69, 9.17) is 0 Å². The molecule has 21 heavy (non-hydrogen) atoms. The molecular formula is C16H11FN2OS. The van der Waals surface area contributed by atoms with Crippen LogP contribution in [-0.4, -0.2) is 11.1 Å². The Hall–Kier alpha value is -2.40. The third-order valence-corrected chi connectivity index (χ3v) is 3.64. The Labute approximate surface area is 125 Å². The second kappa shape index (κ2) is 5.93. The van der Waals surface area contributed by atoms with Crippen LogP contribution in [0.5, 0.6) is 0 Å². The van der Waals surface area contributed by atoms with Crippen molar-refractivity contribution in [2.24, 2.45) is 4.99 Å². The fourth-order valence-corrected chi connectivity index (χ4v) is 2.59. The van der Waals surface area contributed by atoms with Crippen LogP contribution in [0, 0.1) is 5.82 Å². The Kier molecular flexibility index (Phi) is 3.83. The molecule has 1 amide bonds. The molecule has 1 N–H and O–H groups in total. The number of amides is 1. The molecule has 1 heterocycles. The Morgan fingerprint density at radius 1 is 1.05 bits per heavy atom. The monoisotopic (exact) mass is 298 g/mol. The first-order valence-electron chi connectivity index (χ1n) is 6.31. The van der Waals surface area contributed by atoms with Crippen molar-refractivity contribution < 1.29 is 9.18 Å². The molecule has 0 aliphatic carbocycles. The van der Waals surface area contributed by atoms with Crippen molar-refractivity contribution in [3.63, 3.8) is 0 Å². The summed E-state index contributed by atoms with van der Waals surface area (Å²) in [5.74, 6) is 0.171. The van der Waals surface area contributed by atoms with Crippen molar-refractivity contribution >= 4 is 34.6 Å². The number of carbonyl (C=O) groups excluding carboxylic acids is 1. The zero-order valence-electron chi connectivity index (χ0n) is 10.9. The number of hydrogen-bond donors (Lipinski definition) is 1. The molecule has 1 aliphatic rings. The smallest absolute Gasteiger partial charge is 0.289 e. The van der Waals surface area contributed by atoms with Gasteiger partial charge in [0, 0.05) is 0 Å². The average molecular weight is 298 g/mol. The maximum absolute atomic E-state index is 12.9. The minimum absolute atomic E-state index is 0.168. The molecule has 0 bridgehead atoms. The second-order valence-corrected chi connectivity index (χ2v) is 5.39. The van der Waals surface area contributed by atoms with E-state index in [2.05, 4.69) is 10.3 Å². The minimum atomic E-state index is -0.316. The highest BCUT2D eigenvalue weighted by molar-refractivity contribution is 8.18. The Bertz CT molecular complexity index is 724. The number of benzene rings is 2. The van der Waals surface area contributed by atoms with Crippen LogP contribution in [0.15, 0.2) is 64.5 Å². The number of nitrogens with zero attached hydrogens (tertiary/aromatic N) is 1. The van der Waals surface area contributed by atoms with Crippen LogP contribution in [0.2, 0.25) is 0 Å². The quantitative estimate of drug-likeness (QED) is 0.895. The molecule has 2 aromatic rings. The van der Waals surface area contributed by atoms with Gasteiger partial charge in [0.2, 0.25) is 0 Å². The number of thioether (sulfide) groups is 1. The fourth-order valence-electron chi connectivity index (χ4n) is 1.86. The third-order valence-electron chi connectivity index (χ3n) is 2.82. The lowest BCUT2D eigenvalue weighted by atomic mass is 10.2. The normalized spacial score (nSPS) is 18.2. The fraction of sp³-hybridized carbons (Fsp3) is 0. The topological polar surface area (TPSA) is 41.5 Å². The molecule has 0 unspecified atom stereocenters. The standard InChI is InChI=1S/C16H11FN2OS/c17-12-6-8-13(9-7-12)18-15-14(21-16(20)19-15)10-11-4-2-1-3-5-11/h1-10H,(H,18,19,20)/b14-10-. The molecule has 5 heteroatoms. The van der Waals surface area contributed by atoms with Crippen LogP contribution in [-0.2, 0) is 0 Å². The Morgan fingerprint density at radius 3 is 2.48 bits per heavy atom. The number of carbonyl (C=O) groups is 1. The Balaban J connectivity index is 1.94. The molecule has 0 saturated carbocycles. The number of hydrogen-bond acceptors (Lipinski definition) is 3. The van der Waals surface area contributed by atoms with E-state index in [0.29, 0.717) is 11.5 Å². The molecule has 1 aliphatic heterocycles. The van der Waals surface area contributed by atoms with E-state index in [9.17, 15) is 9.18 Å². The zero-order valence-corrected chi connectivity index (χ0v) is 11.7. The summed E-state index contributed by atoms with van der Waals surface area (Å²) in [4.78, 5) is 16.7. The second-order valence-electron chi connectivity index (χ2n) is 4.37. The molecule has 0 atom stereocenters. The predicted molar refractivity (Wildman–Crippen MR) is 84.0 cm³/mol. The van der Waals surface area contributed by atoms with Crippen molar-refractivity contribution in [2.45, 2.75) is 0 Å². The summed E-state index contributed by atoms with van der Waals surface area (Å²) >= 11 is 1.10. The van der Waals surface area contributed by atoms with Crippen LogP contribution in [0.3, 0.4) is 0 Å². The summed E-state index contributed by atoms with van der Waals surface area (Å²) in [6.45, 7) is 0. The van der Waals surface area contributed by atoms with Crippen molar-refractivity contribution in [3.8, 4) is 0 Å². The van der Waals surface area contributed by atoms with Gasteiger partial charge in [0.15, 0.2) is 0 Å². The molecule has 3 nitrogen and oxygen atoms in total. The minimum Gasteiger partial charge on any atom is -0.300 e. The lowest BCUT2D eigenvalue weighted by Crippen LogP contribution is -2.18. The maximum Gasteiger partial charge on any atom is 0.289 e. The van der Waals surface area contributed by atoms with E-state index >= 15 is 0 Å². The van der Waals surface area contributed by atoms with Crippen LogP contribution in [0.25, 0.3) is 6.08 Å². The summed E-state index contributed by atoms with van der Waals surface area (Å²) in [7, 11) is 0. The van der Waals surface area contributed by atoms with Crippen LogP contribution >= 0.6 is 11.8 Å². The van der Waals surface area contributed by atoms with E-state index in [1.807, 2.05) is 36.4 Å². The lowest BCUT2D eigenvalue weighted by molar-refractivity contribution is 0.265. The average Bonchev–Trinajstić information content (AvgIpc) is 2.82. The van der Waals surface area contributed by atoms with E-state index < -0.39 is 0 Å². The van der Waals surface area contributed by atoms with E-state index in [1.54, 1.807) is 12.1 Å². The van der Waals surface area contributed by atoms with Crippen molar-refractivity contribution in [3.05, 3.63) is 70.9 Å². The Morgan fingerprint density at radius 2 is 1.76 bits per heavy atom. The van der Waals surface area contributed by atoms with E-state index in [0.717, 1.165) is 22.2 Å². The molecule has 1 saturated heterocycles. The van der Waals surface area contributed by atoms with Gasteiger partial charge in [-0.25, -0.2) is 9.38 Å². The molecule has 1 fully saturated rings. The van der Waals surface area contributed by atoms with Gasteiger partial charge in [0.1, 0.15) is 11.7 Å². The number of amidine groups is 1. The van der Waals surface area contributed by atoms with Gasteiger partial charge < -0.3 is 5.32 Å². The van der Waals surface area contributed by atoms with E-state index in [1.165, 1.54) is 12.1 Å². The first-order valence-corrected chi connectivity index (χ1v) is 7.12. The summed E-state index contributed by atoms with van der Waals surface area (Å²) in [5, 5.41) is 2.53. The highest BCUT2D eigenvalue weighted by Crippen LogP contribution is 2.28. The number of aliphatic imine (C=N–C) groups is 1. The largest absolute Gasteiger partial charge is 0.300 e. The van der Waals surface area contributed by atoms with Crippen molar-refractivity contribution in [2.75, 3.05) is 0 Å². The highest BCUT2D eigenvalue weighted by Gasteiger charge is 2.23. The molecule has 0 spiro atoms. The van der Waals surface area contributed by atoms with Crippen LogP contribution in [0.4, 0.5) is 14.9 Å². The highest BCUT2D eigenvalue weighted by atomic mass is 32.2. The summed E-state index contributed by atoms with van der Waals surface area (Å²) in [5.41, 5.74) is 1.58. The molecule has 104 valence electrons. The molecular weight excluding hydrogens is 287 g/mol. The maximum atomic E-state index is 12.9. The van der Waals surface area contributed by atoms with Gasteiger partial charge in [-0.3, -0.25) is 4.79 Å². The number of halogens is 1. The first-order chi connectivity index (χ1) is 10.2. The van der Waals surface area contributed by atoms with Gasteiger partial charge in [0.05, 0.1) is 10.6 Å². The lowest BCUT2D eigenvalue weighted by Gasteiger charge is -2.00. The van der Waals surface area contributed by atoms with Gasteiger partial charge in [-0.2, -0.15) is 0 Å². The van der Waals surface area contributed by atoms with E-state index in [-0.39, 0.29) is 11.1 Å². The van der Waals surface area contributed by atoms with Crippen LogP contribution in [0.1, 0.15) is 5.56 Å². The summed E-state index contributed by atoms with van der Waals surface area (Å²) in [6.07, 6.45) is 1.89. The van der Waals surface area contributed by atoms with Gasteiger partial charge in [-0.15, -0.1) is 0 Å². The van der Waals surface area contributed by atoms with Gasteiger partial charge in [-0.05, 0) is 47.7 Å². The molecule has 3 rings (SSSR count). The van der Waals surface area contributed by atoms with Crippen molar-refractivity contribution in [1.29, 1.82) is 0 Å². The molecule has 2 aromatic carbocycles. The van der Waals surface area contributed by atoms with Crippen molar-refractivity contribution in [1.82, 2.24) is 5.32 Å². The summed E-state index contributed by atoms with van der Waals surface area (Å²) in [6, 6.07) is 15.5. The zero-order chi connectivity index (χ0) is 14.7. The van der Waals surface area contributed by atoms with Gasteiger partial charge in [-0.1, -0.05) is 30.3 Å². The molecule has 0 radical (unpaired) electrons. The van der Waals surface area contributed by atoms with Gasteiger partial charge >= 0.3 is 0 Å². The molecule has 0 aromatic heterocycles. The first kappa shape index (κ1) is 13.6. The number of rotatable bonds is 2. The van der Waals surface area contributed by atoms with Crippen LogP contribution < -0.4 is 5.32 Å².